The summed E-state index contributed by atoms with van der Waals surface area (Å²) in [7, 11) is 1.66. The van der Waals surface area contributed by atoms with Crippen LogP contribution in [0.1, 0.15) is 20.3 Å². The van der Waals surface area contributed by atoms with Crippen molar-refractivity contribution in [1.29, 1.82) is 0 Å². The fourth-order valence-corrected chi connectivity index (χ4v) is 2.20. The number of nitrogens with zero attached hydrogens (tertiary/aromatic N) is 2. The molecule has 0 aromatic carbocycles. The van der Waals surface area contributed by atoms with Crippen molar-refractivity contribution in [3.63, 3.8) is 0 Å². The molecule has 0 saturated carbocycles. The van der Waals surface area contributed by atoms with Gasteiger partial charge in [-0.1, -0.05) is 6.92 Å². The molecule has 5 nitrogen and oxygen atoms in total. The van der Waals surface area contributed by atoms with Gasteiger partial charge in [-0.3, -0.25) is 4.90 Å². The maximum Gasteiger partial charge on any atom is 0.317 e. The maximum atomic E-state index is 11.5. The topological polar surface area (TPSA) is 55.8 Å². The Morgan fingerprint density at radius 1 is 1.56 bits per heavy atom. The van der Waals surface area contributed by atoms with Crippen LogP contribution in [0.4, 0.5) is 4.79 Å². The largest absolute Gasteiger partial charge is 0.392 e. The second-order valence-corrected chi connectivity index (χ2v) is 4.41. The summed E-state index contributed by atoms with van der Waals surface area (Å²) >= 11 is 0. The Morgan fingerprint density at radius 3 is 2.75 bits per heavy atom. The highest BCUT2D eigenvalue weighted by Gasteiger charge is 2.28. The lowest BCUT2D eigenvalue weighted by atomic mass is 10.1. The Morgan fingerprint density at radius 2 is 2.25 bits per heavy atom. The van der Waals surface area contributed by atoms with Gasteiger partial charge in [0.05, 0.1) is 6.10 Å². The van der Waals surface area contributed by atoms with Crippen molar-refractivity contribution in [2.45, 2.75) is 32.4 Å². The van der Waals surface area contributed by atoms with Crippen molar-refractivity contribution in [3.8, 4) is 0 Å². The summed E-state index contributed by atoms with van der Waals surface area (Å²) in [5.74, 6) is 0. The molecule has 0 radical (unpaired) electrons. The number of hydrogen-bond donors (Lipinski definition) is 2. The zero-order valence-electron chi connectivity index (χ0n) is 10.4. The Labute approximate surface area is 97.4 Å². The van der Waals surface area contributed by atoms with Gasteiger partial charge in [0.1, 0.15) is 0 Å². The average molecular weight is 229 g/mol. The SMILES string of the molecule is CCC1CN(C(=O)NC)CCN1CC(C)O. The Balaban J connectivity index is 2.53. The van der Waals surface area contributed by atoms with Crippen molar-refractivity contribution in [2.24, 2.45) is 0 Å². The molecule has 1 heterocycles. The van der Waals surface area contributed by atoms with Gasteiger partial charge in [-0.25, -0.2) is 4.79 Å². The van der Waals surface area contributed by atoms with E-state index in [-0.39, 0.29) is 12.1 Å². The number of piperazine rings is 1. The number of aliphatic hydroxyl groups is 1. The first-order valence-corrected chi connectivity index (χ1v) is 5.97. The summed E-state index contributed by atoms with van der Waals surface area (Å²) in [6.07, 6.45) is 0.695. The Hall–Kier alpha value is -0.810. The standard InChI is InChI=1S/C11H23N3O2/c1-4-10-8-14(11(16)12-3)6-5-13(10)7-9(2)15/h9-10,15H,4-8H2,1-3H3,(H,12,16). The molecule has 1 rings (SSSR count). The van der Waals surface area contributed by atoms with E-state index in [4.69, 9.17) is 0 Å². The van der Waals surface area contributed by atoms with Crippen molar-refractivity contribution in [2.75, 3.05) is 33.2 Å². The molecule has 2 amide bonds. The molecule has 0 aliphatic carbocycles. The van der Waals surface area contributed by atoms with Crippen LogP contribution in [-0.2, 0) is 0 Å². The van der Waals surface area contributed by atoms with E-state index in [0.29, 0.717) is 12.6 Å². The van der Waals surface area contributed by atoms with Crippen LogP contribution in [0.2, 0.25) is 0 Å². The van der Waals surface area contributed by atoms with Gasteiger partial charge in [-0.15, -0.1) is 0 Å². The van der Waals surface area contributed by atoms with Crippen LogP contribution in [0.3, 0.4) is 0 Å². The first-order chi connectivity index (χ1) is 7.58. The van der Waals surface area contributed by atoms with E-state index in [1.807, 2.05) is 4.90 Å². The van der Waals surface area contributed by atoms with Crippen LogP contribution in [0.5, 0.6) is 0 Å². The number of amides is 2. The quantitative estimate of drug-likeness (QED) is 0.722. The van der Waals surface area contributed by atoms with Crippen LogP contribution in [0.15, 0.2) is 0 Å². The molecule has 1 saturated heterocycles. The molecule has 16 heavy (non-hydrogen) atoms. The molecule has 1 fully saturated rings. The van der Waals surface area contributed by atoms with Crippen LogP contribution < -0.4 is 5.32 Å². The predicted molar refractivity (Wildman–Crippen MR) is 63.4 cm³/mol. The molecule has 2 atom stereocenters. The van der Waals surface area contributed by atoms with E-state index in [1.165, 1.54) is 0 Å². The average Bonchev–Trinajstić information content (AvgIpc) is 2.27. The number of urea groups is 1. The van der Waals surface area contributed by atoms with Crippen molar-refractivity contribution in [1.82, 2.24) is 15.1 Å². The molecule has 0 aromatic heterocycles. The highest BCUT2D eigenvalue weighted by molar-refractivity contribution is 5.73. The third kappa shape index (κ3) is 3.35. The molecule has 2 N–H and O–H groups in total. The van der Waals surface area contributed by atoms with Crippen molar-refractivity contribution in [3.05, 3.63) is 0 Å². The molecular weight excluding hydrogens is 206 g/mol. The second-order valence-electron chi connectivity index (χ2n) is 4.41. The van der Waals surface area contributed by atoms with Crippen molar-refractivity contribution >= 4 is 6.03 Å². The van der Waals surface area contributed by atoms with Gasteiger partial charge < -0.3 is 15.3 Å². The fraction of sp³-hybridized carbons (Fsp3) is 0.909. The highest BCUT2D eigenvalue weighted by Crippen LogP contribution is 2.13. The fourth-order valence-electron chi connectivity index (χ4n) is 2.20. The van der Waals surface area contributed by atoms with Crippen molar-refractivity contribution < 1.29 is 9.90 Å². The Bertz CT molecular complexity index is 233. The molecule has 0 aromatic rings. The summed E-state index contributed by atoms with van der Waals surface area (Å²) in [6.45, 7) is 6.95. The molecule has 1 aliphatic rings. The van der Waals surface area contributed by atoms with Gasteiger partial charge in [0.25, 0.3) is 0 Å². The van der Waals surface area contributed by atoms with E-state index in [0.717, 1.165) is 26.1 Å². The minimum atomic E-state index is -0.305. The molecule has 94 valence electrons. The van der Waals surface area contributed by atoms with Crippen LogP contribution in [0.25, 0.3) is 0 Å². The normalized spacial score (nSPS) is 24.2. The third-order valence-corrected chi connectivity index (χ3v) is 3.08. The minimum absolute atomic E-state index is 0.00449. The van der Waals surface area contributed by atoms with Gasteiger partial charge in [0, 0.05) is 39.3 Å². The molecule has 5 heteroatoms. The van der Waals surface area contributed by atoms with Gasteiger partial charge >= 0.3 is 6.03 Å². The van der Waals surface area contributed by atoms with Crippen LogP contribution in [-0.4, -0.2) is 66.3 Å². The maximum absolute atomic E-state index is 11.5. The monoisotopic (exact) mass is 229 g/mol. The van der Waals surface area contributed by atoms with E-state index < -0.39 is 0 Å². The zero-order chi connectivity index (χ0) is 12.1. The summed E-state index contributed by atoms with van der Waals surface area (Å²) < 4.78 is 0. The van der Waals surface area contributed by atoms with E-state index in [9.17, 15) is 9.90 Å². The first kappa shape index (κ1) is 13.3. The molecule has 1 aliphatic heterocycles. The highest BCUT2D eigenvalue weighted by atomic mass is 16.3. The summed E-state index contributed by atoms with van der Waals surface area (Å²) in [5.41, 5.74) is 0. The second kappa shape index (κ2) is 6.06. The smallest absolute Gasteiger partial charge is 0.317 e. The first-order valence-electron chi connectivity index (χ1n) is 5.97. The van der Waals surface area contributed by atoms with E-state index >= 15 is 0 Å². The number of aliphatic hydroxyl groups excluding tert-OH is 1. The third-order valence-electron chi connectivity index (χ3n) is 3.08. The summed E-state index contributed by atoms with van der Waals surface area (Å²) in [6, 6.07) is 0.357. The number of β-amino-alcohol motifs (C(OH)–C–C–N with tert-alkyl or cyclic N) is 1. The summed E-state index contributed by atoms with van der Waals surface area (Å²) in [5, 5.41) is 12.1. The van der Waals surface area contributed by atoms with Crippen LogP contribution >= 0.6 is 0 Å². The lowest BCUT2D eigenvalue weighted by Crippen LogP contribution is -2.57. The van der Waals surface area contributed by atoms with E-state index in [1.54, 1.807) is 14.0 Å². The van der Waals surface area contributed by atoms with E-state index in [2.05, 4.69) is 17.1 Å². The number of hydrogen-bond acceptors (Lipinski definition) is 3. The lowest BCUT2D eigenvalue weighted by molar-refractivity contribution is 0.0487. The van der Waals surface area contributed by atoms with Crippen LogP contribution in [0, 0.1) is 0 Å². The lowest BCUT2D eigenvalue weighted by Gasteiger charge is -2.41. The Kier molecular flexibility index (Phi) is 5.02. The molecule has 0 bridgehead atoms. The summed E-state index contributed by atoms with van der Waals surface area (Å²) in [4.78, 5) is 15.6. The number of carbonyl (C=O) groups excluding carboxylic acids is 1. The predicted octanol–water partition coefficient (Wildman–Crippen LogP) is 0.103. The van der Waals surface area contributed by atoms with Gasteiger partial charge in [0.2, 0.25) is 0 Å². The number of rotatable bonds is 3. The number of nitrogens with one attached hydrogen (secondary N) is 1. The minimum Gasteiger partial charge on any atom is -0.392 e. The van der Waals surface area contributed by atoms with Gasteiger partial charge in [-0.2, -0.15) is 0 Å². The molecule has 2 unspecified atom stereocenters. The van der Waals surface area contributed by atoms with Gasteiger partial charge in [-0.05, 0) is 13.3 Å². The molecule has 0 spiro atoms. The zero-order valence-corrected chi connectivity index (χ0v) is 10.4. The molecular formula is C11H23N3O2. The number of carbonyl (C=O) groups is 1. The van der Waals surface area contributed by atoms with Gasteiger partial charge in [0.15, 0.2) is 0 Å².